The van der Waals surface area contributed by atoms with Gasteiger partial charge in [-0.15, -0.1) is 11.8 Å². The van der Waals surface area contributed by atoms with Crippen molar-refractivity contribution in [1.29, 1.82) is 0 Å². The quantitative estimate of drug-likeness (QED) is 0.774. The fourth-order valence-corrected chi connectivity index (χ4v) is 3.85. The van der Waals surface area contributed by atoms with Crippen LogP contribution in [-0.4, -0.2) is 50.6 Å². The number of anilines is 2. The van der Waals surface area contributed by atoms with E-state index in [9.17, 15) is 0 Å². The molecule has 1 aliphatic rings. The predicted molar refractivity (Wildman–Crippen MR) is 91.3 cm³/mol. The lowest BCUT2D eigenvalue weighted by Gasteiger charge is -2.31. The van der Waals surface area contributed by atoms with Crippen LogP contribution < -0.4 is 25.7 Å². The molecule has 1 aliphatic heterocycles. The highest BCUT2D eigenvalue weighted by molar-refractivity contribution is 8.00. The molecule has 4 N–H and O–H groups in total. The van der Waals surface area contributed by atoms with E-state index in [0.29, 0.717) is 40.5 Å². The normalized spacial score (nSPS) is 17.0. The number of ether oxygens (including phenoxy) is 3. The first kappa shape index (κ1) is 16.9. The van der Waals surface area contributed by atoms with Crippen LogP contribution in [0.3, 0.4) is 0 Å². The van der Waals surface area contributed by atoms with Gasteiger partial charge in [-0.3, -0.25) is 0 Å². The number of hydrogen-bond donors (Lipinski definition) is 2. The van der Waals surface area contributed by atoms with Crippen LogP contribution in [0.25, 0.3) is 0 Å². The maximum absolute atomic E-state index is 6.24. The summed E-state index contributed by atoms with van der Waals surface area (Å²) >= 11 is 1.70. The molecule has 2 rings (SSSR count). The third-order valence-electron chi connectivity index (χ3n) is 3.85. The first-order valence-electron chi connectivity index (χ1n) is 7.41. The van der Waals surface area contributed by atoms with E-state index in [4.69, 9.17) is 25.7 Å². The lowest BCUT2D eigenvalue weighted by molar-refractivity contribution is 0.247. The third-order valence-corrected chi connectivity index (χ3v) is 5.11. The Morgan fingerprint density at radius 3 is 2.27 bits per heavy atom. The summed E-state index contributed by atoms with van der Waals surface area (Å²) in [7, 11) is 3.10. The number of thioether (sulfide) groups is 1. The van der Waals surface area contributed by atoms with E-state index in [0.717, 1.165) is 24.5 Å². The summed E-state index contributed by atoms with van der Waals surface area (Å²) in [5.74, 6) is 1.51. The highest BCUT2D eigenvalue weighted by Crippen LogP contribution is 2.54. The van der Waals surface area contributed by atoms with Crippen LogP contribution in [0.2, 0.25) is 0 Å². The molecule has 124 valence electrons. The van der Waals surface area contributed by atoms with E-state index in [2.05, 4.69) is 18.7 Å². The molecule has 7 heteroatoms. The molecule has 0 radical (unpaired) electrons. The molecule has 0 spiro atoms. The highest BCUT2D eigenvalue weighted by Gasteiger charge is 2.30. The highest BCUT2D eigenvalue weighted by atomic mass is 32.2. The maximum atomic E-state index is 6.24. The van der Waals surface area contributed by atoms with Gasteiger partial charge in [-0.2, -0.15) is 0 Å². The van der Waals surface area contributed by atoms with Crippen LogP contribution >= 0.6 is 11.8 Å². The van der Waals surface area contributed by atoms with Crippen molar-refractivity contribution in [1.82, 2.24) is 4.90 Å². The van der Waals surface area contributed by atoms with E-state index in [1.54, 1.807) is 26.0 Å². The Balaban J connectivity index is 2.33. The topological polar surface area (TPSA) is 83.0 Å². The first-order valence-corrected chi connectivity index (χ1v) is 8.29. The Labute approximate surface area is 136 Å². The van der Waals surface area contributed by atoms with Gasteiger partial charge in [0.1, 0.15) is 12.3 Å². The summed E-state index contributed by atoms with van der Waals surface area (Å²) in [6, 6.07) is 0. The second-order valence-corrected chi connectivity index (χ2v) is 6.40. The first-order chi connectivity index (χ1) is 10.6. The summed E-state index contributed by atoms with van der Waals surface area (Å²) in [5.41, 5.74) is 13.4. The number of benzene rings is 1. The molecule has 1 atom stereocenters. The molecule has 1 heterocycles. The van der Waals surface area contributed by atoms with Gasteiger partial charge in [0, 0.05) is 6.54 Å². The van der Waals surface area contributed by atoms with Crippen molar-refractivity contribution in [2.24, 2.45) is 0 Å². The van der Waals surface area contributed by atoms with E-state index in [1.807, 2.05) is 0 Å². The molecule has 0 fully saturated rings. The monoisotopic (exact) mass is 327 g/mol. The summed E-state index contributed by atoms with van der Waals surface area (Å²) < 4.78 is 16.6. The lowest BCUT2D eigenvalue weighted by atomic mass is 10.2. The number of nitrogens with zero attached hydrogens (tertiary/aromatic N) is 1. The molecule has 0 saturated carbocycles. The van der Waals surface area contributed by atoms with E-state index in [1.165, 1.54) is 0 Å². The van der Waals surface area contributed by atoms with Crippen molar-refractivity contribution >= 4 is 23.1 Å². The minimum atomic E-state index is 0.312. The Hall–Kier alpha value is -1.47. The van der Waals surface area contributed by atoms with Crippen LogP contribution in [0.1, 0.15) is 13.8 Å². The largest absolute Gasteiger partial charge is 0.491 e. The zero-order valence-electron chi connectivity index (χ0n) is 13.6. The van der Waals surface area contributed by atoms with Gasteiger partial charge in [0.05, 0.1) is 30.1 Å². The van der Waals surface area contributed by atoms with Gasteiger partial charge in [-0.1, -0.05) is 13.8 Å². The molecular weight excluding hydrogens is 302 g/mol. The molecule has 1 aromatic rings. The fourth-order valence-electron chi connectivity index (χ4n) is 2.60. The van der Waals surface area contributed by atoms with Crippen LogP contribution in [0.15, 0.2) is 4.90 Å². The van der Waals surface area contributed by atoms with Crippen LogP contribution in [0.4, 0.5) is 11.4 Å². The number of hydrogen-bond acceptors (Lipinski definition) is 7. The minimum absolute atomic E-state index is 0.312. The molecule has 1 aromatic carbocycles. The van der Waals surface area contributed by atoms with Crippen LogP contribution in [0.5, 0.6) is 17.2 Å². The average molecular weight is 327 g/mol. The molecule has 0 saturated heterocycles. The zero-order valence-corrected chi connectivity index (χ0v) is 14.5. The molecule has 0 amide bonds. The van der Waals surface area contributed by atoms with Crippen molar-refractivity contribution in [3.8, 4) is 17.2 Å². The molecular formula is C15H25N3O3S. The van der Waals surface area contributed by atoms with Gasteiger partial charge in [-0.05, 0) is 13.1 Å². The average Bonchev–Trinajstić information content (AvgIpc) is 2.55. The van der Waals surface area contributed by atoms with Gasteiger partial charge in [0.15, 0.2) is 17.2 Å². The van der Waals surface area contributed by atoms with Crippen molar-refractivity contribution in [2.75, 3.05) is 51.9 Å². The summed E-state index contributed by atoms with van der Waals surface area (Å²) in [6.45, 7) is 7.91. The van der Waals surface area contributed by atoms with Gasteiger partial charge in [-0.25, -0.2) is 0 Å². The standard InChI is InChI=1S/C15H25N3O3S/c1-5-18(6-2)7-9-8-21-14-10(16)12(19-3)13(20-4)11(17)15(14)22-9/h9H,5-8,16-17H2,1-4H3. The molecule has 6 nitrogen and oxygen atoms in total. The van der Waals surface area contributed by atoms with Gasteiger partial charge in [0.25, 0.3) is 0 Å². The molecule has 22 heavy (non-hydrogen) atoms. The van der Waals surface area contributed by atoms with Crippen molar-refractivity contribution < 1.29 is 14.2 Å². The summed E-state index contributed by atoms with van der Waals surface area (Å²) in [5, 5.41) is 0.312. The van der Waals surface area contributed by atoms with Crippen molar-refractivity contribution in [2.45, 2.75) is 24.0 Å². The molecule has 1 unspecified atom stereocenters. The fraction of sp³-hybridized carbons (Fsp3) is 0.600. The van der Waals surface area contributed by atoms with Gasteiger partial charge < -0.3 is 30.6 Å². The van der Waals surface area contributed by atoms with Crippen LogP contribution in [-0.2, 0) is 0 Å². The predicted octanol–water partition coefficient (Wildman–Crippen LogP) is 2.06. The lowest BCUT2D eigenvalue weighted by Crippen LogP contribution is -2.35. The van der Waals surface area contributed by atoms with Crippen molar-refractivity contribution in [3.05, 3.63) is 0 Å². The number of rotatable bonds is 6. The molecule has 0 bridgehead atoms. The Morgan fingerprint density at radius 1 is 1.14 bits per heavy atom. The minimum Gasteiger partial charge on any atom is -0.491 e. The van der Waals surface area contributed by atoms with Gasteiger partial charge >= 0.3 is 0 Å². The Morgan fingerprint density at radius 2 is 1.73 bits per heavy atom. The van der Waals surface area contributed by atoms with Crippen molar-refractivity contribution in [3.63, 3.8) is 0 Å². The number of nitrogen functional groups attached to an aromatic ring is 2. The summed E-state index contributed by atoms with van der Waals surface area (Å²) in [6.07, 6.45) is 0. The SMILES string of the molecule is CCN(CC)CC1COc2c(N)c(OC)c(OC)c(N)c2S1. The second-order valence-electron chi connectivity index (χ2n) is 5.09. The summed E-state index contributed by atoms with van der Waals surface area (Å²) in [4.78, 5) is 3.21. The number of nitrogens with two attached hydrogens (primary N) is 2. The van der Waals surface area contributed by atoms with E-state index < -0.39 is 0 Å². The molecule has 0 aliphatic carbocycles. The van der Waals surface area contributed by atoms with Gasteiger partial charge in [0.2, 0.25) is 0 Å². The van der Waals surface area contributed by atoms with Crippen LogP contribution in [0, 0.1) is 0 Å². The Bertz CT molecular complexity index is 535. The number of methoxy groups -OCH3 is 2. The maximum Gasteiger partial charge on any atom is 0.189 e. The smallest absolute Gasteiger partial charge is 0.189 e. The zero-order chi connectivity index (χ0) is 16.3. The van der Waals surface area contributed by atoms with E-state index in [-0.39, 0.29) is 0 Å². The second kappa shape index (κ2) is 7.19. The Kier molecular flexibility index (Phi) is 5.52. The molecule has 0 aromatic heterocycles. The van der Waals surface area contributed by atoms with E-state index >= 15 is 0 Å². The number of fused-ring (bicyclic) bond motifs is 1. The third kappa shape index (κ3) is 3.01.